The Morgan fingerprint density at radius 3 is 1.80 bits per heavy atom. The number of furan rings is 1. The number of hydrogen-bond donors (Lipinski definition) is 0. The van der Waals surface area contributed by atoms with Crippen molar-refractivity contribution < 1.29 is 4.42 Å². The van der Waals surface area contributed by atoms with Crippen LogP contribution in [0.4, 0.5) is 0 Å². The first kappa shape index (κ1) is 27.5. The Morgan fingerprint density at radius 2 is 0.939 bits per heavy atom. The third-order valence-electron chi connectivity index (χ3n) is 9.68. The van der Waals surface area contributed by atoms with Crippen LogP contribution in [-0.4, -0.2) is 9.97 Å². The van der Waals surface area contributed by atoms with E-state index in [1.165, 1.54) is 32.5 Å². The summed E-state index contributed by atoms with van der Waals surface area (Å²) in [7, 11) is 0. The Hall–Kier alpha value is -6.58. The van der Waals surface area contributed by atoms with Crippen molar-refractivity contribution in [3.63, 3.8) is 0 Å². The van der Waals surface area contributed by atoms with Crippen LogP contribution in [0.2, 0.25) is 0 Å². The van der Waals surface area contributed by atoms with Crippen LogP contribution in [0, 0.1) is 0 Å². The molecule has 0 atom stereocenters. The first-order valence-electron chi connectivity index (χ1n) is 16.6. The number of rotatable bonds is 4. The summed E-state index contributed by atoms with van der Waals surface area (Å²) >= 11 is 0. The van der Waals surface area contributed by atoms with E-state index in [9.17, 15) is 0 Å². The molecule has 0 bridgehead atoms. The average molecular weight is 625 g/mol. The minimum absolute atomic E-state index is 0.679. The average Bonchev–Trinajstić information content (AvgIpc) is 3.55. The van der Waals surface area contributed by atoms with E-state index < -0.39 is 0 Å². The van der Waals surface area contributed by atoms with Crippen molar-refractivity contribution in [2.75, 3.05) is 0 Å². The molecule has 0 amide bonds. The van der Waals surface area contributed by atoms with Gasteiger partial charge in [0.15, 0.2) is 5.82 Å². The van der Waals surface area contributed by atoms with Crippen LogP contribution in [-0.2, 0) is 0 Å². The second kappa shape index (κ2) is 11.0. The van der Waals surface area contributed by atoms with Gasteiger partial charge in [0.25, 0.3) is 0 Å². The van der Waals surface area contributed by atoms with Gasteiger partial charge in [0, 0.05) is 27.5 Å². The fourth-order valence-corrected chi connectivity index (χ4v) is 7.28. The Balaban J connectivity index is 1.24. The van der Waals surface area contributed by atoms with Gasteiger partial charge in [-0.05, 0) is 73.8 Å². The van der Waals surface area contributed by atoms with Crippen molar-refractivity contribution in [3.05, 3.63) is 170 Å². The third kappa shape index (κ3) is 4.59. The lowest BCUT2D eigenvalue weighted by Crippen LogP contribution is -1.97. The predicted octanol–water partition coefficient (Wildman–Crippen LogP) is 12.5. The lowest BCUT2D eigenvalue weighted by atomic mass is 9.91. The molecule has 0 spiro atoms. The molecule has 0 aliphatic heterocycles. The number of nitrogens with zero attached hydrogens (tertiary/aromatic N) is 2. The molecular weight excluding hydrogens is 597 g/mol. The summed E-state index contributed by atoms with van der Waals surface area (Å²) in [5, 5.41) is 9.38. The van der Waals surface area contributed by atoms with Crippen molar-refractivity contribution in [2.24, 2.45) is 0 Å². The number of fused-ring (bicyclic) bond motifs is 7. The van der Waals surface area contributed by atoms with Gasteiger partial charge < -0.3 is 4.42 Å². The van der Waals surface area contributed by atoms with Crippen molar-refractivity contribution in [2.45, 2.75) is 0 Å². The van der Waals surface area contributed by atoms with Crippen LogP contribution in [0.15, 0.2) is 174 Å². The van der Waals surface area contributed by atoms with Gasteiger partial charge in [-0.25, -0.2) is 9.97 Å². The highest BCUT2D eigenvalue weighted by Gasteiger charge is 2.18. The first-order valence-corrected chi connectivity index (χ1v) is 16.6. The zero-order valence-corrected chi connectivity index (χ0v) is 26.5. The Morgan fingerprint density at radius 1 is 0.327 bits per heavy atom. The molecule has 10 aromatic rings. The smallest absolute Gasteiger partial charge is 0.160 e. The molecule has 0 aliphatic carbocycles. The Bertz CT molecular complexity index is 2870. The Kier molecular flexibility index (Phi) is 6.18. The minimum Gasteiger partial charge on any atom is -0.456 e. The lowest BCUT2D eigenvalue weighted by molar-refractivity contribution is 0.669. The maximum atomic E-state index is 6.31. The fourth-order valence-electron chi connectivity index (χ4n) is 7.28. The van der Waals surface area contributed by atoms with E-state index in [1.807, 2.05) is 18.2 Å². The molecule has 0 N–H and O–H groups in total. The van der Waals surface area contributed by atoms with E-state index in [0.717, 1.165) is 61.0 Å². The number of para-hydroxylation sites is 1. The molecule has 3 nitrogen and oxygen atoms in total. The monoisotopic (exact) mass is 624 g/mol. The fraction of sp³-hybridized carbons (Fsp3) is 0. The molecule has 0 radical (unpaired) electrons. The maximum Gasteiger partial charge on any atom is 0.160 e. The maximum absolute atomic E-state index is 6.31. The quantitative estimate of drug-likeness (QED) is 0.144. The Labute approximate surface area is 282 Å². The molecule has 2 aromatic heterocycles. The van der Waals surface area contributed by atoms with Crippen LogP contribution >= 0.6 is 0 Å². The highest BCUT2D eigenvalue weighted by molar-refractivity contribution is 6.20. The topological polar surface area (TPSA) is 38.9 Å². The SMILES string of the molecule is c1ccc(-c2ccc(-c3nc(-c4ccc5c(c4)oc4ccccc45)cc(-c4c5ccccc5cc5c4ccc4ccccc45)n3)cc2)cc1. The summed E-state index contributed by atoms with van der Waals surface area (Å²) < 4.78 is 6.31. The number of benzene rings is 8. The third-order valence-corrected chi connectivity index (χ3v) is 9.68. The summed E-state index contributed by atoms with van der Waals surface area (Å²) in [5.41, 5.74) is 8.83. The molecule has 49 heavy (non-hydrogen) atoms. The van der Waals surface area contributed by atoms with E-state index in [0.29, 0.717) is 5.82 Å². The zero-order chi connectivity index (χ0) is 32.3. The van der Waals surface area contributed by atoms with Gasteiger partial charge in [-0.15, -0.1) is 0 Å². The van der Waals surface area contributed by atoms with Gasteiger partial charge in [-0.2, -0.15) is 0 Å². The van der Waals surface area contributed by atoms with Crippen LogP contribution < -0.4 is 0 Å². The minimum atomic E-state index is 0.679. The predicted molar refractivity (Wildman–Crippen MR) is 204 cm³/mol. The van der Waals surface area contributed by atoms with Crippen LogP contribution in [0.5, 0.6) is 0 Å². The molecule has 3 heteroatoms. The molecule has 10 rings (SSSR count). The van der Waals surface area contributed by atoms with Crippen molar-refractivity contribution >= 4 is 54.3 Å². The molecule has 0 saturated carbocycles. The van der Waals surface area contributed by atoms with Gasteiger partial charge in [0.2, 0.25) is 0 Å². The van der Waals surface area contributed by atoms with Crippen molar-refractivity contribution in [1.29, 1.82) is 0 Å². The molecule has 8 aromatic carbocycles. The normalized spacial score (nSPS) is 11.7. The molecule has 0 saturated heterocycles. The van der Waals surface area contributed by atoms with Gasteiger partial charge in [0.05, 0.1) is 11.4 Å². The highest BCUT2D eigenvalue weighted by atomic mass is 16.3. The first-order chi connectivity index (χ1) is 24.3. The molecule has 0 unspecified atom stereocenters. The standard InChI is InChI=1S/C46H28N2O/c1-2-10-29(11-3-1)30-18-20-32(21-19-30)46-47-41(34-23-24-38-37-16-8-9-17-43(37)49-44(38)27-34)28-42(48-46)45-36-15-7-5-13-33(36)26-40-35-14-6-4-12-31(35)22-25-39(40)45/h1-28H. The van der Waals surface area contributed by atoms with Crippen LogP contribution in [0.25, 0.3) is 99.3 Å². The second-order valence-corrected chi connectivity index (χ2v) is 12.6. The van der Waals surface area contributed by atoms with E-state index in [1.54, 1.807) is 0 Å². The summed E-state index contributed by atoms with van der Waals surface area (Å²) in [4.78, 5) is 10.6. The van der Waals surface area contributed by atoms with E-state index in [4.69, 9.17) is 14.4 Å². The molecular formula is C46H28N2O. The molecule has 2 heterocycles. The number of aromatic nitrogens is 2. The zero-order valence-electron chi connectivity index (χ0n) is 26.5. The van der Waals surface area contributed by atoms with E-state index >= 15 is 0 Å². The van der Waals surface area contributed by atoms with Crippen molar-refractivity contribution in [3.8, 4) is 45.0 Å². The van der Waals surface area contributed by atoms with Gasteiger partial charge in [0.1, 0.15) is 11.2 Å². The summed E-state index contributed by atoms with van der Waals surface area (Å²) in [6.45, 7) is 0. The largest absolute Gasteiger partial charge is 0.456 e. The summed E-state index contributed by atoms with van der Waals surface area (Å²) in [6, 6.07) is 59.7. The lowest BCUT2D eigenvalue weighted by Gasteiger charge is -2.15. The van der Waals surface area contributed by atoms with Crippen molar-refractivity contribution in [1.82, 2.24) is 9.97 Å². The molecule has 228 valence electrons. The van der Waals surface area contributed by atoms with Gasteiger partial charge in [-0.1, -0.05) is 140 Å². The van der Waals surface area contributed by atoms with Crippen LogP contribution in [0.3, 0.4) is 0 Å². The van der Waals surface area contributed by atoms with E-state index in [2.05, 4.69) is 152 Å². The second-order valence-electron chi connectivity index (χ2n) is 12.6. The summed E-state index contributed by atoms with van der Waals surface area (Å²) in [6.07, 6.45) is 0. The van der Waals surface area contributed by atoms with Gasteiger partial charge in [-0.3, -0.25) is 0 Å². The molecule has 0 fully saturated rings. The van der Waals surface area contributed by atoms with Crippen LogP contribution in [0.1, 0.15) is 0 Å². The van der Waals surface area contributed by atoms with E-state index in [-0.39, 0.29) is 0 Å². The summed E-state index contributed by atoms with van der Waals surface area (Å²) in [5.74, 6) is 0.679. The highest BCUT2D eigenvalue weighted by Crippen LogP contribution is 2.41. The van der Waals surface area contributed by atoms with Gasteiger partial charge >= 0.3 is 0 Å². The number of hydrogen-bond acceptors (Lipinski definition) is 3. The molecule has 0 aliphatic rings.